The number of halogens is 3. The van der Waals surface area contributed by atoms with Crippen LogP contribution in [0.1, 0.15) is 12.8 Å². The zero-order valence-corrected chi connectivity index (χ0v) is 13.2. The maximum absolute atomic E-state index is 12.7. The molecular formula is C13H16BrF2NO2S. The van der Waals surface area contributed by atoms with Gasteiger partial charge in [-0.1, -0.05) is 28.1 Å². The Morgan fingerprint density at radius 3 is 2.40 bits per heavy atom. The molecule has 0 atom stereocenters. The highest BCUT2D eigenvalue weighted by atomic mass is 79.9. The first-order chi connectivity index (χ1) is 9.46. The van der Waals surface area contributed by atoms with Gasteiger partial charge in [0.1, 0.15) is 0 Å². The van der Waals surface area contributed by atoms with Crippen molar-refractivity contribution in [2.45, 2.75) is 23.5 Å². The van der Waals surface area contributed by atoms with Gasteiger partial charge in [0.2, 0.25) is 9.84 Å². The van der Waals surface area contributed by atoms with E-state index in [2.05, 4.69) is 15.9 Å². The van der Waals surface area contributed by atoms with Gasteiger partial charge in [0.25, 0.3) is 0 Å². The molecule has 0 spiro atoms. The Balaban J connectivity index is 2.30. The molecule has 20 heavy (non-hydrogen) atoms. The van der Waals surface area contributed by atoms with Gasteiger partial charge in [-0.25, -0.2) is 8.42 Å². The first kappa shape index (κ1) is 15.7. The van der Waals surface area contributed by atoms with E-state index in [0.717, 1.165) is 18.2 Å². The summed E-state index contributed by atoms with van der Waals surface area (Å²) in [7, 11) is -4.56. The van der Waals surface area contributed by atoms with Crippen LogP contribution < -0.4 is 4.90 Å². The Hall–Kier alpha value is -0.690. The zero-order chi connectivity index (χ0) is 14.8. The van der Waals surface area contributed by atoms with E-state index in [9.17, 15) is 17.2 Å². The van der Waals surface area contributed by atoms with E-state index in [-0.39, 0.29) is 4.90 Å². The number of hydrogen-bond donors (Lipinski definition) is 0. The van der Waals surface area contributed by atoms with Gasteiger partial charge in [-0.2, -0.15) is 8.78 Å². The van der Waals surface area contributed by atoms with Crippen LogP contribution in [0, 0.1) is 5.92 Å². The largest absolute Gasteiger partial charge is 0.370 e. The first-order valence-electron chi connectivity index (χ1n) is 6.39. The fourth-order valence-electron chi connectivity index (χ4n) is 2.38. The summed E-state index contributed by atoms with van der Waals surface area (Å²) in [6.45, 7) is 1.37. The second-order valence-electron chi connectivity index (χ2n) is 4.86. The van der Waals surface area contributed by atoms with Crippen molar-refractivity contribution in [2.75, 3.05) is 23.3 Å². The highest BCUT2D eigenvalue weighted by molar-refractivity contribution is 9.09. The number of benzene rings is 1. The third-order valence-corrected chi connectivity index (χ3v) is 5.92. The molecule has 0 unspecified atom stereocenters. The van der Waals surface area contributed by atoms with Crippen molar-refractivity contribution in [1.82, 2.24) is 0 Å². The smallest absolute Gasteiger partial charge is 0.341 e. The predicted octanol–water partition coefficient (Wildman–Crippen LogP) is 3.29. The second-order valence-corrected chi connectivity index (χ2v) is 7.39. The Morgan fingerprint density at radius 2 is 1.85 bits per heavy atom. The maximum atomic E-state index is 12.7. The summed E-state index contributed by atoms with van der Waals surface area (Å²) in [6.07, 6.45) is 1.85. The number of nitrogens with zero attached hydrogens (tertiary/aromatic N) is 1. The lowest BCUT2D eigenvalue weighted by molar-refractivity contribution is 0.234. The second kappa shape index (κ2) is 6.39. The zero-order valence-electron chi connectivity index (χ0n) is 10.8. The molecule has 0 bridgehead atoms. The van der Waals surface area contributed by atoms with E-state index in [0.29, 0.717) is 24.7 Å². The molecule has 1 saturated heterocycles. The van der Waals surface area contributed by atoms with Crippen molar-refractivity contribution in [3.05, 3.63) is 24.3 Å². The molecule has 0 N–H and O–H groups in total. The van der Waals surface area contributed by atoms with Gasteiger partial charge in [0, 0.05) is 18.4 Å². The molecule has 1 aromatic rings. The van der Waals surface area contributed by atoms with Crippen LogP contribution in [-0.4, -0.2) is 32.6 Å². The number of anilines is 1. The Bertz CT molecular complexity index is 557. The summed E-state index contributed by atoms with van der Waals surface area (Å²) < 4.78 is 49.0. The minimum atomic E-state index is -4.56. The average Bonchev–Trinajstić information content (AvgIpc) is 2.47. The molecule has 0 aliphatic carbocycles. The molecule has 112 valence electrons. The molecule has 0 radical (unpaired) electrons. The summed E-state index contributed by atoms with van der Waals surface area (Å²) in [4.78, 5) is 1.61. The molecule has 1 fully saturated rings. The Morgan fingerprint density at radius 1 is 1.25 bits per heavy atom. The van der Waals surface area contributed by atoms with Crippen LogP contribution in [0.2, 0.25) is 0 Å². The van der Waals surface area contributed by atoms with E-state index in [1.807, 2.05) is 4.90 Å². The van der Waals surface area contributed by atoms with E-state index >= 15 is 0 Å². The molecule has 0 saturated carbocycles. The van der Waals surface area contributed by atoms with Gasteiger partial charge < -0.3 is 4.90 Å². The lowest BCUT2D eigenvalue weighted by atomic mass is 9.99. The highest BCUT2D eigenvalue weighted by Crippen LogP contribution is 2.32. The summed E-state index contributed by atoms with van der Waals surface area (Å²) in [6, 6.07) is 6.01. The number of rotatable bonds is 4. The van der Waals surface area contributed by atoms with Crippen LogP contribution in [0.15, 0.2) is 29.2 Å². The molecule has 7 heteroatoms. The molecule has 1 aliphatic heterocycles. The fraction of sp³-hybridized carbons (Fsp3) is 0.538. The van der Waals surface area contributed by atoms with E-state index in [1.54, 1.807) is 12.1 Å². The van der Waals surface area contributed by atoms with Crippen LogP contribution in [0.4, 0.5) is 14.5 Å². The Labute approximate surface area is 126 Å². The number of sulfone groups is 1. The van der Waals surface area contributed by atoms with E-state index in [4.69, 9.17) is 0 Å². The van der Waals surface area contributed by atoms with Gasteiger partial charge in [0.15, 0.2) is 0 Å². The number of para-hydroxylation sites is 1. The van der Waals surface area contributed by atoms with Crippen LogP contribution in [0.3, 0.4) is 0 Å². The quantitative estimate of drug-likeness (QED) is 0.766. The van der Waals surface area contributed by atoms with Crippen molar-refractivity contribution in [1.29, 1.82) is 0 Å². The van der Waals surface area contributed by atoms with E-state index in [1.165, 1.54) is 12.1 Å². The van der Waals surface area contributed by atoms with Crippen LogP contribution in [-0.2, 0) is 9.84 Å². The van der Waals surface area contributed by atoms with Gasteiger partial charge in [-0.05, 0) is 30.9 Å². The fourth-order valence-corrected chi connectivity index (χ4v) is 3.98. The van der Waals surface area contributed by atoms with Crippen molar-refractivity contribution < 1.29 is 17.2 Å². The summed E-state index contributed by atoms with van der Waals surface area (Å²) in [5.74, 6) is -2.83. The summed E-state index contributed by atoms with van der Waals surface area (Å²) in [5, 5.41) is 0.915. The normalized spacial score (nSPS) is 17.7. The monoisotopic (exact) mass is 367 g/mol. The molecule has 2 rings (SSSR count). The van der Waals surface area contributed by atoms with Gasteiger partial charge >= 0.3 is 5.76 Å². The minimum absolute atomic E-state index is 0.271. The first-order valence-corrected chi connectivity index (χ1v) is 9.05. The van der Waals surface area contributed by atoms with Crippen molar-refractivity contribution in [2.24, 2.45) is 5.92 Å². The van der Waals surface area contributed by atoms with E-state index < -0.39 is 15.6 Å². The Kier molecular flexibility index (Phi) is 5.01. The van der Waals surface area contributed by atoms with Crippen molar-refractivity contribution in [3.8, 4) is 0 Å². The molecule has 1 heterocycles. The molecule has 0 amide bonds. The number of alkyl halides is 3. The summed E-state index contributed by atoms with van der Waals surface area (Å²) in [5.41, 5.74) is 0.390. The SMILES string of the molecule is O=S(=O)(c1ccccc1N1CCC(CBr)CC1)C(F)F. The summed E-state index contributed by atoms with van der Waals surface area (Å²) >= 11 is 3.44. The lowest BCUT2D eigenvalue weighted by Crippen LogP contribution is -2.35. The molecule has 1 aromatic carbocycles. The van der Waals surface area contributed by atoms with Gasteiger partial charge in [-0.15, -0.1) is 0 Å². The number of piperidine rings is 1. The minimum Gasteiger partial charge on any atom is -0.370 e. The maximum Gasteiger partial charge on any atom is 0.341 e. The molecule has 3 nitrogen and oxygen atoms in total. The van der Waals surface area contributed by atoms with Gasteiger partial charge in [0.05, 0.1) is 10.6 Å². The van der Waals surface area contributed by atoms with Crippen LogP contribution >= 0.6 is 15.9 Å². The van der Waals surface area contributed by atoms with Gasteiger partial charge in [-0.3, -0.25) is 0 Å². The molecule has 0 aromatic heterocycles. The third kappa shape index (κ3) is 3.14. The molecular weight excluding hydrogens is 352 g/mol. The lowest BCUT2D eigenvalue weighted by Gasteiger charge is -2.34. The number of hydrogen-bond acceptors (Lipinski definition) is 3. The standard InChI is InChI=1S/C13H16BrF2NO2S/c14-9-10-5-7-17(8-6-10)11-3-1-2-4-12(11)20(18,19)13(15)16/h1-4,10,13H,5-9H2. The van der Waals surface area contributed by atoms with Crippen molar-refractivity contribution >= 4 is 31.5 Å². The molecule has 1 aliphatic rings. The van der Waals surface area contributed by atoms with Crippen molar-refractivity contribution in [3.63, 3.8) is 0 Å². The topological polar surface area (TPSA) is 37.4 Å². The third-order valence-electron chi connectivity index (χ3n) is 3.58. The van der Waals surface area contributed by atoms with Crippen LogP contribution in [0.25, 0.3) is 0 Å². The average molecular weight is 368 g/mol. The van der Waals surface area contributed by atoms with Crippen LogP contribution in [0.5, 0.6) is 0 Å². The predicted molar refractivity (Wildman–Crippen MR) is 78.4 cm³/mol. The highest BCUT2D eigenvalue weighted by Gasteiger charge is 2.31.